The van der Waals surface area contributed by atoms with Crippen LogP contribution in [0, 0.1) is 5.41 Å². The van der Waals surface area contributed by atoms with Crippen LogP contribution in [0.1, 0.15) is 27.2 Å². The van der Waals surface area contributed by atoms with Gasteiger partial charge in [0.15, 0.2) is 0 Å². The molecule has 0 radical (unpaired) electrons. The Morgan fingerprint density at radius 3 is 2.39 bits per heavy atom. The van der Waals surface area contributed by atoms with Crippen molar-refractivity contribution in [1.29, 1.82) is 0 Å². The van der Waals surface area contributed by atoms with Crippen LogP contribution in [-0.2, 0) is 15.0 Å². The van der Waals surface area contributed by atoms with Crippen LogP contribution in [0.3, 0.4) is 0 Å². The summed E-state index contributed by atoms with van der Waals surface area (Å²) < 4.78 is 27.1. The van der Waals surface area contributed by atoms with Gasteiger partial charge in [0.05, 0.1) is 5.41 Å². The molecule has 0 aliphatic carbocycles. The monoisotopic (exact) mass is 278 g/mol. The van der Waals surface area contributed by atoms with Crippen LogP contribution in [0.15, 0.2) is 0 Å². The van der Waals surface area contributed by atoms with Crippen LogP contribution >= 0.6 is 0 Å². The molecule has 0 saturated carbocycles. The third-order valence-electron chi connectivity index (χ3n) is 3.04. The molecule has 1 fully saturated rings. The summed E-state index contributed by atoms with van der Waals surface area (Å²) in [5.74, 6) is 4.73. The molecular formula is C10H22N4O3S. The average Bonchev–Trinajstić information content (AvgIpc) is 2.55. The van der Waals surface area contributed by atoms with Crippen LogP contribution in [-0.4, -0.2) is 49.1 Å². The summed E-state index contributed by atoms with van der Waals surface area (Å²) in [4.78, 5) is 11.6. The summed E-state index contributed by atoms with van der Waals surface area (Å²) in [7, 11) is -3.42. The number of rotatable bonds is 5. The molecule has 0 bridgehead atoms. The second kappa shape index (κ2) is 5.52. The second-order valence-electron chi connectivity index (χ2n) is 5.10. The van der Waals surface area contributed by atoms with E-state index < -0.39 is 15.6 Å². The van der Waals surface area contributed by atoms with Gasteiger partial charge in [0.2, 0.25) is 5.91 Å². The highest BCUT2D eigenvalue weighted by atomic mass is 32.2. The Kier molecular flexibility index (Phi) is 4.71. The summed E-state index contributed by atoms with van der Waals surface area (Å²) in [6.07, 6.45) is 0.778. The van der Waals surface area contributed by atoms with Gasteiger partial charge in [0.1, 0.15) is 0 Å². The molecular weight excluding hydrogens is 256 g/mol. The minimum Gasteiger partial charge on any atom is -0.294 e. The van der Waals surface area contributed by atoms with Crippen molar-refractivity contribution in [3.63, 3.8) is 0 Å². The van der Waals surface area contributed by atoms with Crippen molar-refractivity contribution in [1.82, 2.24) is 14.0 Å². The van der Waals surface area contributed by atoms with E-state index in [0.717, 1.165) is 6.42 Å². The minimum atomic E-state index is -3.42. The van der Waals surface area contributed by atoms with Gasteiger partial charge in [-0.1, -0.05) is 6.92 Å². The quantitative estimate of drug-likeness (QED) is 0.394. The normalized spacial score (nSPS) is 21.1. The first-order valence-electron chi connectivity index (χ1n) is 6.02. The van der Waals surface area contributed by atoms with Crippen LogP contribution in [0.25, 0.3) is 0 Å². The van der Waals surface area contributed by atoms with Gasteiger partial charge in [0, 0.05) is 26.2 Å². The average molecular weight is 278 g/mol. The molecule has 18 heavy (non-hydrogen) atoms. The zero-order valence-electron chi connectivity index (χ0n) is 11.1. The second-order valence-corrected chi connectivity index (χ2v) is 7.03. The van der Waals surface area contributed by atoms with Crippen LogP contribution in [0.2, 0.25) is 0 Å². The molecule has 3 N–H and O–H groups in total. The lowest BCUT2D eigenvalue weighted by molar-refractivity contribution is -0.129. The maximum Gasteiger partial charge on any atom is 0.282 e. The molecule has 1 amide bonds. The van der Waals surface area contributed by atoms with Crippen molar-refractivity contribution in [2.24, 2.45) is 11.3 Å². The summed E-state index contributed by atoms with van der Waals surface area (Å²) in [5, 5.41) is 0. The van der Waals surface area contributed by atoms with Gasteiger partial charge in [-0.25, -0.2) is 5.84 Å². The Morgan fingerprint density at radius 1 is 1.33 bits per heavy atom. The Balaban J connectivity index is 2.79. The fourth-order valence-electron chi connectivity index (χ4n) is 1.96. The number of nitrogens with two attached hydrogens (primary N) is 1. The smallest absolute Gasteiger partial charge is 0.282 e. The van der Waals surface area contributed by atoms with E-state index in [2.05, 4.69) is 5.43 Å². The molecule has 7 nitrogen and oxygen atoms in total. The van der Waals surface area contributed by atoms with Crippen LogP contribution < -0.4 is 11.3 Å². The zero-order chi connectivity index (χ0) is 14.0. The first kappa shape index (κ1) is 15.4. The Morgan fingerprint density at radius 2 is 1.89 bits per heavy atom. The molecule has 106 valence electrons. The highest BCUT2D eigenvalue weighted by Gasteiger charge is 2.40. The Hall–Kier alpha value is -0.700. The first-order chi connectivity index (χ1) is 8.25. The topological polar surface area (TPSA) is 95.7 Å². The molecule has 1 heterocycles. The highest BCUT2D eigenvalue weighted by molar-refractivity contribution is 7.87. The van der Waals surface area contributed by atoms with Gasteiger partial charge in [-0.2, -0.15) is 17.0 Å². The van der Waals surface area contributed by atoms with Crippen molar-refractivity contribution in [2.75, 3.05) is 26.2 Å². The fourth-order valence-corrected chi connectivity index (χ4v) is 3.81. The molecule has 0 spiro atoms. The Bertz CT molecular complexity index is 407. The Labute approximate surface area is 108 Å². The predicted molar refractivity (Wildman–Crippen MR) is 68.5 cm³/mol. The van der Waals surface area contributed by atoms with E-state index in [1.54, 1.807) is 13.8 Å². The number of hydrogen-bond donors (Lipinski definition) is 2. The van der Waals surface area contributed by atoms with Gasteiger partial charge < -0.3 is 0 Å². The van der Waals surface area contributed by atoms with E-state index in [1.165, 1.54) is 8.61 Å². The standard InChI is InChI=1S/C10H22N4O3S/c1-4-5-13-6-7-14(18(13,16)17)8-10(2,3)9(15)12-11/h4-8,11H2,1-3H3,(H,12,15). The lowest BCUT2D eigenvalue weighted by Crippen LogP contribution is -2.48. The lowest BCUT2D eigenvalue weighted by Gasteiger charge is -2.27. The van der Waals surface area contributed by atoms with Crippen molar-refractivity contribution in [2.45, 2.75) is 27.2 Å². The number of carbonyl (C=O) groups excluding carboxylic acids is 1. The molecule has 0 unspecified atom stereocenters. The minimum absolute atomic E-state index is 0.137. The van der Waals surface area contributed by atoms with Gasteiger partial charge >= 0.3 is 0 Å². The molecule has 1 rings (SSSR count). The van der Waals surface area contributed by atoms with E-state index in [9.17, 15) is 13.2 Å². The molecule has 8 heteroatoms. The fraction of sp³-hybridized carbons (Fsp3) is 0.900. The van der Waals surface area contributed by atoms with Crippen molar-refractivity contribution in [3.05, 3.63) is 0 Å². The molecule has 0 aromatic carbocycles. The number of hydrogen-bond acceptors (Lipinski definition) is 4. The first-order valence-corrected chi connectivity index (χ1v) is 7.41. The lowest BCUT2D eigenvalue weighted by atomic mass is 9.92. The maximum atomic E-state index is 12.2. The van der Waals surface area contributed by atoms with E-state index in [0.29, 0.717) is 19.6 Å². The molecule has 0 aromatic heterocycles. The van der Waals surface area contributed by atoms with E-state index >= 15 is 0 Å². The van der Waals surface area contributed by atoms with Crippen LogP contribution in [0.4, 0.5) is 0 Å². The molecule has 1 aliphatic rings. The number of amides is 1. The third kappa shape index (κ3) is 3.00. The molecule has 1 aliphatic heterocycles. The molecule has 0 atom stereocenters. The number of nitrogens with zero attached hydrogens (tertiary/aromatic N) is 2. The number of nitrogens with one attached hydrogen (secondary N) is 1. The van der Waals surface area contributed by atoms with Crippen molar-refractivity contribution >= 4 is 16.1 Å². The summed E-state index contributed by atoms with van der Waals surface area (Å²) in [6, 6.07) is 0. The van der Waals surface area contributed by atoms with Gasteiger partial charge in [-0.3, -0.25) is 10.2 Å². The number of carbonyl (C=O) groups is 1. The summed E-state index contributed by atoms with van der Waals surface area (Å²) in [5.41, 5.74) is 1.23. The molecule has 1 saturated heterocycles. The van der Waals surface area contributed by atoms with Crippen LogP contribution in [0.5, 0.6) is 0 Å². The maximum absolute atomic E-state index is 12.2. The predicted octanol–water partition coefficient (Wildman–Crippen LogP) is -0.725. The van der Waals surface area contributed by atoms with E-state index in [-0.39, 0.29) is 12.5 Å². The zero-order valence-corrected chi connectivity index (χ0v) is 12.0. The summed E-state index contributed by atoms with van der Waals surface area (Å²) in [6.45, 7) is 6.84. The van der Waals surface area contributed by atoms with Gasteiger partial charge in [-0.05, 0) is 20.3 Å². The van der Waals surface area contributed by atoms with E-state index in [4.69, 9.17) is 5.84 Å². The largest absolute Gasteiger partial charge is 0.294 e. The number of hydrazine groups is 1. The van der Waals surface area contributed by atoms with Gasteiger partial charge in [0.25, 0.3) is 10.2 Å². The molecule has 0 aromatic rings. The summed E-state index contributed by atoms with van der Waals surface area (Å²) >= 11 is 0. The highest BCUT2D eigenvalue weighted by Crippen LogP contribution is 2.24. The van der Waals surface area contributed by atoms with Crippen molar-refractivity contribution in [3.8, 4) is 0 Å². The van der Waals surface area contributed by atoms with Gasteiger partial charge in [-0.15, -0.1) is 0 Å². The van der Waals surface area contributed by atoms with E-state index in [1.807, 2.05) is 6.92 Å². The third-order valence-corrected chi connectivity index (χ3v) is 5.02. The van der Waals surface area contributed by atoms with Crippen molar-refractivity contribution < 1.29 is 13.2 Å². The SMILES string of the molecule is CCCN1CCN(CC(C)(C)C(=O)NN)S1(=O)=O.